The summed E-state index contributed by atoms with van der Waals surface area (Å²) in [5.41, 5.74) is 1.10. The Labute approximate surface area is 178 Å². The van der Waals surface area contributed by atoms with Crippen molar-refractivity contribution in [3.63, 3.8) is 0 Å². The molecule has 2 amide bonds. The minimum atomic E-state index is 0.0790. The van der Waals surface area contributed by atoms with Gasteiger partial charge in [-0.05, 0) is 55.2 Å². The lowest BCUT2D eigenvalue weighted by atomic mass is 9.93. The third kappa shape index (κ3) is 5.13. The van der Waals surface area contributed by atoms with E-state index in [0.717, 1.165) is 49.4 Å². The number of amides is 2. The maximum atomic E-state index is 12.5. The molecular weight excluding hydrogens is 386 g/mol. The van der Waals surface area contributed by atoms with Gasteiger partial charge in [-0.2, -0.15) is 0 Å². The number of carbonyl (C=O) groups excluding carboxylic acids is 2. The molecule has 1 aliphatic heterocycles. The summed E-state index contributed by atoms with van der Waals surface area (Å²) in [6, 6.07) is 7.84. The van der Waals surface area contributed by atoms with Crippen molar-refractivity contribution in [2.75, 3.05) is 37.6 Å². The summed E-state index contributed by atoms with van der Waals surface area (Å²) in [5, 5.41) is 3.81. The Morgan fingerprint density at radius 2 is 1.90 bits per heavy atom. The summed E-state index contributed by atoms with van der Waals surface area (Å²) in [6.45, 7) is 3.84. The molecule has 5 nitrogen and oxygen atoms in total. The van der Waals surface area contributed by atoms with Gasteiger partial charge in [-0.3, -0.25) is 9.59 Å². The Morgan fingerprint density at radius 1 is 1.07 bits per heavy atom. The molecule has 0 aromatic heterocycles. The van der Waals surface area contributed by atoms with E-state index >= 15 is 0 Å². The first-order chi connectivity index (χ1) is 14.1. The number of anilines is 1. The van der Waals surface area contributed by atoms with Crippen LogP contribution in [0, 0.1) is 17.8 Å². The quantitative estimate of drug-likeness (QED) is 0.693. The number of piperazine rings is 1. The van der Waals surface area contributed by atoms with Gasteiger partial charge >= 0.3 is 0 Å². The first-order valence-electron chi connectivity index (χ1n) is 10.8. The van der Waals surface area contributed by atoms with E-state index in [0.29, 0.717) is 31.1 Å². The van der Waals surface area contributed by atoms with Crippen LogP contribution < -0.4 is 10.2 Å². The smallest absolute Gasteiger partial charge is 0.222 e. The number of hydrogen-bond acceptors (Lipinski definition) is 3. The SMILES string of the molecule is O=C(CCCC(=O)N1CCN(c2cccc(Cl)c2)CC1)NC[C@H]1C[C@H]2C=C[C@H]1C2. The van der Waals surface area contributed by atoms with Crippen LogP contribution in [-0.2, 0) is 9.59 Å². The first-order valence-corrected chi connectivity index (χ1v) is 11.2. The van der Waals surface area contributed by atoms with Gasteiger partial charge in [-0.15, -0.1) is 0 Å². The molecule has 1 heterocycles. The fourth-order valence-corrected chi connectivity index (χ4v) is 5.09. The maximum absolute atomic E-state index is 12.5. The molecule has 2 fully saturated rings. The normalized spacial score (nSPS) is 25.5. The summed E-state index contributed by atoms with van der Waals surface area (Å²) in [7, 11) is 0. The number of halogens is 1. The fourth-order valence-electron chi connectivity index (χ4n) is 4.91. The molecule has 1 aromatic carbocycles. The Kier molecular flexibility index (Phi) is 6.43. The van der Waals surface area contributed by atoms with Crippen LogP contribution in [0.3, 0.4) is 0 Å². The molecule has 1 saturated carbocycles. The average Bonchev–Trinajstić information content (AvgIpc) is 3.36. The predicted octanol–water partition coefficient (Wildman–Crippen LogP) is 3.49. The van der Waals surface area contributed by atoms with Crippen LogP contribution in [0.15, 0.2) is 36.4 Å². The second-order valence-electron chi connectivity index (χ2n) is 8.55. The maximum Gasteiger partial charge on any atom is 0.222 e. The number of nitrogens with zero attached hydrogens (tertiary/aromatic N) is 2. The van der Waals surface area contributed by atoms with E-state index in [1.807, 2.05) is 23.1 Å². The molecular formula is C23H30ClN3O2. The minimum Gasteiger partial charge on any atom is -0.368 e. The highest BCUT2D eigenvalue weighted by atomic mass is 35.5. The van der Waals surface area contributed by atoms with Crippen molar-refractivity contribution in [1.29, 1.82) is 0 Å². The second kappa shape index (κ2) is 9.21. The number of benzene rings is 1. The van der Waals surface area contributed by atoms with Gasteiger partial charge in [0.1, 0.15) is 0 Å². The minimum absolute atomic E-state index is 0.0790. The van der Waals surface area contributed by atoms with Gasteiger partial charge in [0.05, 0.1) is 0 Å². The van der Waals surface area contributed by atoms with E-state index in [1.54, 1.807) is 0 Å². The van der Waals surface area contributed by atoms with E-state index in [2.05, 4.69) is 28.4 Å². The molecule has 0 radical (unpaired) electrons. The zero-order valence-corrected chi connectivity index (χ0v) is 17.6. The molecule has 1 saturated heterocycles. The predicted molar refractivity (Wildman–Crippen MR) is 116 cm³/mol. The summed E-state index contributed by atoms with van der Waals surface area (Å²) in [5.74, 6) is 2.23. The van der Waals surface area contributed by atoms with E-state index < -0.39 is 0 Å². The highest BCUT2D eigenvalue weighted by molar-refractivity contribution is 6.30. The lowest BCUT2D eigenvalue weighted by Crippen LogP contribution is -2.48. The molecule has 2 aliphatic carbocycles. The second-order valence-corrected chi connectivity index (χ2v) is 8.98. The van der Waals surface area contributed by atoms with Crippen molar-refractivity contribution in [2.24, 2.45) is 17.8 Å². The number of nitrogens with one attached hydrogen (secondary N) is 1. The van der Waals surface area contributed by atoms with Gasteiger partial charge in [-0.25, -0.2) is 0 Å². The largest absolute Gasteiger partial charge is 0.368 e. The van der Waals surface area contributed by atoms with E-state index in [1.165, 1.54) is 12.8 Å². The molecule has 3 atom stereocenters. The molecule has 156 valence electrons. The van der Waals surface area contributed by atoms with Crippen molar-refractivity contribution in [1.82, 2.24) is 10.2 Å². The highest BCUT2D eigenvalue weighted by Crippen LogP contribution is 2.42. The zero-order chi connectivity index (χ0) is 20.2. The monoisotopic (exact) mass is 415 g/mol. The van der Waals surface area contributed by atoms with E-state index in [-0.39, 0.29) is 11.8 Å². The number of allylic oxidation sites excluding steroid dienone is 2. The Bertz CT molecular complexity index is 773. The van der Waals surface area contributed by atoms with Crippen LogP contribution >= 0.6 is 11.6 Å². The molecule has 1 aromatic rings. The van der Waals surface area contributed by atoms with Crippen LogP contribution in [0.5, 0.6) is 0 Å². The molecule has 1 N–H and O–H groups in total. The molecule has 4 rings (SSSR count). The molecule has 3 aliphatic rings. The summed E-state index contributed by atoms with van der Waals surface area (Å²) >= 11 is 6.07. The third-order valence-corrected chi connectivity index (χ3v) is 6.81. The fraction of sp³-hybridized carbons (Fsp3) is 0.565. The first kappa shape index (κ1) is 20.3. The van der Waals surface area contributed by atoms with Crippen LogP contribution in [0.25, 0.3) is 0 Å². The summed E-state index contributed by atoms with van der Waals surface area (Å²) in [4.78, 5) is 28.8. The zero-order valence-electron chi connectivity index (χ0n) is 16.9. The highest BCUT2D eigenvalue weighted by Gasteiger charge is 2.35. The van der Waals surface area contributed by atoms with E-state index in [4.69, 9.17) is 11.6 Å². The lowest BCUT2D eigenvalue weighted by molar-refractivity contribution is -0.131. The van der Waals surface area contributed by atoms with Crippen LogP contribution in [0.4, 0.5) is 5.69 Å². The van der Waals surface area contributed by atoms with Gasteiger partial charge in [0.25, 0.3) is 0 Å². The van der Waals surface area contributed by atoms with Crippen LogP contribution in [0.1, 0.15) is 32.1 Å². The Morgan fingerprint density at radius 3 is 2.59 bits per heavy atom. The lowest BCUT2D eigenvalue weighted by Gasteiger charge is -2.36. The van der Waals surface area contributed by atoms with Crippen molar-refractivity contribution in [2.45, 2.75) is 32.1 Å². The van der Waals surface area contributed by atoms with Gasteiger partial charge < -0.3 is 15.1 Å². The van der Waals surface area contributed by atoms with Crippen molar-refractivity contribution in [3.05, 3.63) is 41.4 Å². The molecule has 29 heavy (non-hydrogen) atoms. The Hall–Kier alpha value is -2.01. The Balaban J connectivity index is 1.11. The number of fused-ring (bicyclic) bond motifs is 2. The average molecular weight is 416 g/mol. The van der Waals surface area contributed by atoms with Crippen LogP contribution in [0.2, 0.25) is 5.02 Å². The van der Waals surface area contributed by atoms with Gasteiger partial charge in [0.15, 0.2) is 0 Å². The summed E-state index contributed by atoms with van der Waals surface area (Å²) < 4.78 is 0. The van der Waals surface area contributed by atoms with Gasteiger partial charge in [0, 0.05) is 56.3 Å². The molecule has 0 spiro atoms. The standard InChI is InChI=1S/C23H30ClN3O2/c24-20-3-1-4-21(15-20)26-9-11-27(12-10-26)23(29)6-2-5-22(28)25-16-19-14-17-7-8-18(19)13-17/h1,3-4,7-8,15,17-19H,2,5-6,9-14,16H2,(H,25,28)/t17-,18-,19+/m0/s1. The number of carbonyl (C=O) groups is 2. The topological polar surface area (TPSA) is 52.7 Å². The van der Waals surface area contributed by atoms with Crippen molar-refractivity contribution < 1.29 is 9.59 Å². The number of hydrogen-bond donors (Lipinski definition) is 1. The summed E-state index contributed by atoms with van der Waals surface area (Å²) in [6.07, 6.45) is 8.61. The number of rotatable bonds is 7. The third-order valence-electron chi connectivity index (χ3n) is 6.58. The van der Waals surface area contributed by atoms with Gasteiger partial charge in [-0.1, -0.05) is 29.8 Å². The molecule has 6 heteroatoms. The molecule has 2 bridgehead atoms. The van der Waals surface area contributed by atoms with Crippen molar-refractivity contribution >= 4 is 29.1 Å². The van der Waals surface area contributed by atoms with Gasteiger partial charge in [0.2, 0.25) is 11.8 Å². The molecule has 0 unspecified atom stereocenters. The van der Waals surface area contributed by atoms with Crippen LogP contribution in [-0.4, -0.2) is 49.4 Å². The van der Waals surface area contributed by atoms with Crippen molar-refractivity contribution in [3.8, 4) is 0 Å². The van der Waals surface area contributed by atoms with E-state index in [9.17, 15) is 9.59 Å².